The summed E-state index contributed by atoms with van der Waals surface area (Å²) in [6.07, 6.45) is 0.325. The number of halogens is 4. The van der Waals surface area contributed by atoms with E-state index in [9.17, 15) is 14.0 Å². The Kier molecular flexibility index (Phi) is 11.8. The molecular weight excluding hydrogens is 566 g/mol. The zero-order chi connectivity index (χ0) is 27.7. The molecule has 3 aromatic rings. The summed E-state index contributed by atoms with van der Waals surface area (Å²) >= 11 is 19.9. The number of benzene rings is 3. The highest BCUT2D eigenvalue weighted by Gasteiger charge is 2.31. The minimum absolute atomic E-state index is 0.0264. The molecule has 0 bridgehead atoms. The lowest BCUT2D eigenvalue weighted by Crippen LogP contribution is -2.51. The van der Waals surface area contributed by atoms with Crippen molar-refractivity contribution in [3.8, 4) is 0 Å². The van der Waals surface area contributed by atoms with Crippen LogP contribution in [0, 0.1) is 11.7 Å². The summed E-state index contributed by atoms with van der Waals surface area (Å²) in [6.45, 7) is 4.61. The molecule has 0 aliphatic rings. The second kappa shape index (κ2) is 14.8. The zero-order valence-electron chi connectivity index (χ0n) is 21.2. The Balaban J connectivity index is 1.89. The predicted molar refractivity (Wildman–Crippen MR) is 156 cm³/mol. The molecule has 0 spiro atoms. The number of carbonyl (C=O) groups excluding carboxylic acids is 2. The van der Waals surface area contributed by atoms with Gasteiger partial charge in [0.25, 0.3) is 0 Å². The molecule has 0 radical (unpaired) electrons. The van der Waals surface area contributed by atoms with E-state index in [2.05, 4.69) is 5.32 Å². The molecule has 1 atom stereocenters. The highest BCUT2D eigenvalue weighted by atomic mass is 35.5. The number of hydrogen-bond donors (Lipinski definition) is 1. The molecular formula is C29H30Cl3FN2O2S. The van der Waals surface area contributed by atoms with Crippen molar-refractivity contribution in [2.75, 3.05) is 12.3 Å². The summed E-state index contributed by atoms with van der Waals surface area (Å²) in [5.74, 6) is -0.448. The van der Waals surface area contributed by atoms with Gasteiger partial charge in [-0.15, -0.1) is 11.8 Å². The summed E-state index contributed by atoms with van der Waals surface area (Å²) in [5.41, 5.74) is 1.93. The second-order valence-electron chi connectivity index (χ2n) is 9.29. The average molecular weight is 596 g/mol. The molecule has 0 aliphatic carbocycles. The molecule has 0 aliphatic heterocycles. The van der Waals surface area contributed by atoms with E-state index in [1.54, 1.807) is 35.2 Å². The van der Waals surface area contributed by atoms with Crippen molar-refractivity contribution >= 4 is 58.4 Å². The molecule has 0 saturated carbocycles. The van der Waals surface area contributed by atoms with Crippen LogP contribution in [0.1, 0.15) is 30.5 Å². The van der Waals surface area contributed by atoms with Gasteiger partial charge in [-0.3, -0.25) is 9.59 Å². The van der Waals surface area contributed by atoms with Crippen LogP contribution in [0.4, 0.5) is 4.39 Å². The number of nitrogens with zero attached hydrogens (tertiary/aromatic N) is 1. The molecule has 0 fully saturated rings. The third kappa shape index (κ3) is 8.91. The van der Waals surface area contributed by atoms with Crippen molar-refractivity contribution < 1.29 is 14.0 Å². The third-order valence-electron chi connectivity index (χ3n) is 5.85. The van der Waals surface area contributed by atoms with Gasteiger partial charge in [-0.1, -0.05) is 91.1 Å². The van der Waals surface area contributed by atoms with Gasteiger partial charge in [-0.05, 0) is 41.3 Å². The van der Waals surface area contributed by atoms with Crippen LogP contribution >= 0.6 is 46.6 Å². The van der Waals surface area contributed by atoms with Crippen molar-refractivity contribution in [2.24, 2.45) is 5.92 Å². The van der Waals surface area contributed by atoms with Gasteiger partial charge in [0.15, 0.2) is 0 Å². The SMILES string of the molecule is CC(C)CNC(=O)[C@H](Cc1ccccc1)N(Cc1ccc(Cl)cc1Cl)C(=O)CSCc1c(F)cccc1Cl. The van der Waals surface area contributed by atoms with E-state index in [4.69, 9.17) is 34.8 Å². The third-order valence-corrected chi connectivity index (χ3v) is 7.73. The van der Waals surface area contributed by atoms with E-state index in [0.717, 1.165) is 5.56 Å². The first-order valence-electron chi connectivity index (χ1n) is 12.2. The van der Waals surface area contributed by atoms with Crippen molar-refractivity contribution in [1.29, 1.82) is 0 Å². The van der Waals surface area contributed by atoms with Crippen LogP contribution in [0.3, 0.4) is 0 Å². The van der Waals surface area contributed by atoms with E-state index in [-0.39, 0.29) is 35.8 Å². The summed E-state index contributed by atoms with van der Waals surface area (Å²) in [7, 11) is 0. The highest BCUT2D eigenvalue weighted by Crippen LogP contribution is 2.27. The fraction of sp³-hybridized carbons (Fsp3) is 0.310. The van der Waals surface area contributed by atoms with E-state index in [1.165, 1.54) is 17.8 Å². The van der Waals surface area contributed by atoms with E-state index >= 15 is 0 Å². The molecule has 0 unspecified atom stereocenters. The molecule has 3 aromatic carbocycles. The van der Waals surface area contributed by atoms with Crippen molar-refractivity contribution in [1.82, 2.24) is 10.2 Å². The Hall–Kier alpha value is -2.25. The van der Waals surface area contributed by atoms with Gasteiger partial charge in [0.2, 0.25) is 11.8 Å². The average Bonchev–Trinajstić information content (AvgIpc) is 2.88. The van der Waals surface area contributed by atoms with Crippen LogP contribution in [0.25, 0.3) is 0 Å². The summed E-state index contributed by atoms with van der Waals surface area (Å²) in [4.78, 5) is 28.7. The molecule has 9 heteroatoms. The number of nitrogens with one attached hydrogen (secondary N) is 1. The van der Waals surface area contributed by atoms with Crippen LogP contribution < -0.4 is 5.32 Å². The Labute approximate surface area is 242 Å². The normalized spacial score (nSPS) is 11.9. The first kappa shape index (κ1) is 30.3. The zero-order valence-corrected chi connectivity index (χ0v) is 24.3. The predicted octanol–water partition coefficient (Wildman–Crippen LogP) is 7.43. The Morgan fingerprint density at radius 2 is 1.71 bits per heavy atom. The molecule has 4 nitrogen and oxygen atoms in total. The molecule has 202 valence electrons. The maximum absolute atomic E-state index is 14.3. The largest absolute Gasteiger partial charge is 0.354 e. The first-order valence-corrected chi connectivity index (χ1v) is 14.5. The van der Waals surface area contributed by atoms with Gasteiger partial charge in [-0.2, -0.15) is 0 Å². The summed E-state index contributed by atoms with van der Waals surface area (Å²) in [5, 5.41) is 4.17. The van der Waals surface area contributed by atoms with Crippen molar-refractivity contribution in [3.05, 3.63) is 104 Å². The first-order chi connectivity index (χ1) is 18.2. The molecule has 2 amide bonds. The number of hydrogen-bond acceptors (Lipinski definition) is 3. The lowest BCUT2D eigenvalue weighted by molar-refractivity contribution is -0.139. The lowest BCUT2D eigenvalue weighted by Gasteiger charge is -2.32. The topological polar surface area (TPSA) is 49.4 Å². The maximum atomic E-state index is 14.3. The standard InChI is InChI=1S/C29H30Cl3FN2O2S/c1-19(2)15-34-29(37)27(13-20-7-4-3-5-8-20)35(16-21-11-12-22(30)14-25(21)32)28(36)18-38-17-23-24(31)9-6-10-26(23)33/h3-12,14,19,27H,13,15-18H2,1-2H3,(H,34,37)/t27-/m0/s1. The minimum atomic E-state index is -0.784. The van der Waals surface area contributed by atoms with Crippen molar-refractivity contribution in [2.45, 2.75) is 38.6 Å². The molecule has 3 rings (SSSR count). The number of amides is 2. The smallest absolute Gasteiger partial charge is 0.243 e. The van der Waals surface area contributed by atoms with E-state index in [0.29, 0.717) is 39.2 Å². The number of thioether (sulfide) groups is 1. The number of carbonyl (C=O) groups is 2. The Bertz CT molecular complexity index is 1220. The summed E-state index contributed by atoms with van der Waals surface area (Å²) < 4.78 is 14.3. The van der Waals surface area contributed by atoms with E-state index in [1.807, 2.05) is 44.2 Å². The van der Waals surface area contributed by atoms with Crippen LogP contribution in [0.5, 0.6) is 0 Å². The molecule has 0 aromatic heterocycles. The maximum Gasteiger partial charge on any atom is 0.243 e. The Morgan fingerprint density at radius 1 is 0.974 bits per heavy atom. The fourth-order valence-corrected chi connectivity index (χ4v) is 5.52. The monoisotopic (exact) mass is 594 g/mol. The molecule has 0 heterocycles. The van der Waals surface area contributed by atoms with Crippen LogP contribution in [0.2, 0.25) is 15.1 Å². The van der Waals surface area contributed by atoms with Gasteiger partial charge in [-0.25, -0.2) is 4.39 Å². The second-order valence-corrected chi connectivity index (χ2v) is 11.5. The van der Waals surface area contributed by atoms with Crippen LogP contribution in [-0.2, 0) is 28.3 Å². The van der Waals surface area contributed by atoms with Gasteiger partial charge < -0.3 is 10.2 Å². The van der Waals surface area contributed by atoms with Gasteiger partial charge >= 0.3 is 0 Å². The lowest BCUT2D eigenvalue weighted by atomic mass is 10.0. The Morgan fingerprint density at radius 3 is 2.37 bits per heavy atom. The molecule has 1 N–H and O–H groups in total. The minimum Gasteiger partial charge on any atom is -0.354 e. The highest BCUT2D eigenvalue weighted by molar-refractivity contribution is 7.99. The molecule has 0 saturated heterocycles. The van der Waals surface area contributed by atoms with Gasteiger partial charge in [0.1, 0.15) is 11.9 Å². The summed E-state index contributed by atoms with van der Waals surface area (Å²) in [6, 6.07) is 18.3. The number of rotatable bonds is 12. The van der Waals surface area contributed by atoms with Gasteiger partial charge in [0, 0.05) is 45.9 Å². The molecule has 38 heavy (non-hydrogen) atoms. The fourth-order valence-electron chi connectivity index (χ4n) is 3.80. The quantitative estimate of drug-likeness (QED) is 0.237. The van der Waals surface area contributed by atoms with Crippen molar-refractivity contribution in [3.63, 3.8) is 0 Å². The van der Waals surface area contributed by atoms with Crippen LogP contribution in [-0.4, -0.2) is 35.1 Å². The van der Waals surface area contributed by atoms with Crippen LogP contribution in [0.15, 0.2) is 66.7 Å². The van der Waals surface area contributed by atoms with Gasteiger partial charge in [0.05, 0.1) is 5.75 Å². The van der Waals surface area contributed by atoms with E-state index < -0.39 is 11.9 Å².